The minimum absolute atomic E-state index is 0.0619. The predicted octanol–water partition coefficient (Wildman–Crippen LogP) is 7.09. The predicted molar refractivity (Wildman–Crippen MR) is 386 cm³/mol. The fourth-order valence-corrected chi connectivity index (χ4v) is 12.8. The van der Waals surface area contributed by atoms with Gasteiger partial charge in [-0.15, -0.1) is 0 Å². The number of aromatic nitrogens is 6. The van der Waals surface area contributed by atoms with Gasteiger partial charge in [-0.3, -0.25) is 47.5 Å². The molecule has 0 unspecified atom stereocenters. The Morgan fingerprint density at radius 2 is 1.37 bits per heavy atom. The average Bonchev–Trinajstić information content (AvgIpc) is 1.61. The Morgan fingerprint density at radius 3 is 2.05 bits per heavy atom. The monoisotopic (exact) mass is 1410 g/mol. The van der Waals surface area contributed by atoms with Crippen LogP contribution in [0, 0.1) is 13.8 Å². The third-order valence-electron chi connectivity index (χ3n) is 17.1. The van der Waals surface area contributed by atoms with E-state index in [-0.39, 0.29) is 83.2 Å². The van der Waals surface area contributed by atoms with Crippen molar-refractivity contribution < 1.29 is 60.7 Å². The molecule has 4 aromatic heterocycles. The highest BCUT2D eigenvalue weighted by atomic mass is 32.2. The molecule has 5 N–H and O–H groups in total. The van der Waals surface area contributed by atoms with Crippen LogP contribution in [0.15, 0.2) is 106 Å². The third kappa shape index (κ3) is 20.6. The van der Waals surface area contributed by atoms with Crippen LogP contribution in [-0.4, -0.2) is 198 Å². The highest BCUT2D eigenvalue weighted by molar-refractivity contribution is 7.92. The van der Waals surface area contributed by atoms with Gasteiger partial charge in [0.2, 0.25) is 11.8 Å². The molecule has 9 rings (SSSR count). The number of likely N-dealkylation sites (N-methyl/N-ethyl adjacent to an activating group) is 1. The first kappa shape index (κ1) is 75.7. The van der Waals surface area contributed by atoms with E-state index in [1.165, 1.54) is 41.6 Å². The van der Waals surface area contributed by atoms with E-state index in [1.807, 2.05) is 87.8 Å². The molecular formula is C72H95N13O15S. The summed E-state index contributed by atoms with van der Waals surface area (Å²) in [5.41, 5.74) is 5.62. The minimum atomic E-state index is -4.22. The van der Waals surface area contributed by atoms with Gasteiger partial charge in [-0.05, 0) is 120 Å². The number of piperazine rings is 1. The molecule has 5 heterocycles. The van der Waals surface area contributed by atoms with Crippen molar-refractivity contribution in [1.82, 2.24) is 54.6 Å². The molecule has 0 radical (unpaired) electrons. The first-order valence-electron chi connectivity index (χ1n) is 34.0. The molecule has 544 valence electrons. The highest BCUT2D eigenvalue weighted by Crippen LogP contribution is 2.39. The number of carbonyl (C=O) groups is 3. The number of nitrogens with zero attached hydrogens (tertiary/aromatic N) is 8. The second kappa shape index (κ2) is 36.2. The Bertz CT molecular complexity index is 4370. The van der Waals surface area contributed by atoms with E-state index < -0.39 is 10.0 Å². The number of imidazole rings is 1. The van der Waals surface area contributed by atoms with Gasteiger partial charge in [-0.1, -0.05) is 6.92 Å². The number of benzene rings is 4. The molecule has 1 fully saturated rings. The van der Waals surface area contributed by atoms with E-state index in [1.54, 1.807) is 50.6 Å². The molecule has 101 heavy (non-hydrogen) atoms. The number of pyridine rings is 2. The third-order valence-corrected chi connectivity index (χ3v) is 18.5. The quantitative estimate of drug-likeness (QED) is 0.0240. The molecule has 1 saturated heterocycles. The molecule has 0 spiro atoms. The van der Waals surface area contributed by atoms with Crippen LogP contribution >= 0.6 is 0 Å². The zero-order valence-corrected chi connectivity index (χ0v) is 60.2. The maximum absolute atomic E-state index is 13.9. The summed E-state index contributed by atoms with van der Waals surface area (Å²) in [4.78, 5) is 78.9. The molecule has 1 aliphatic rings. The van der Waals surface area contributed by atoms with Gasteiger partial charge in [-0.2, -0.15) is 5.10 Å². The van der Waals surface area contributed by atoms with Crippen LogP contribution in [0.1, 0.15) is 79.7 Å². The SMILES string of the molecule is CCCOc1cc(OCCCCN(C)CC(=O)NCCOCCOCCOCCC(=O)NCCN2CCN(c3ccc(-c4cc(C(=O)NCc5c(C)cc(C)[nH]c5=O)c5cnn(C(C)C)c5c4)cn3)CC2)cc(Oc2cc3c(cc2NS(=O)(=O)c2ccc(OC)c(OC)c2)n(C)c(=O)n3C)c1. The molecule has 28 nitrogen and oxygen atoms in total. The maximum Gasteiger partial charge on any atom is 0.328 e. The summed E-state index contributed by atoms with van der Waals surface area (Å²) in [7, 11) is 3.74. The van der Waals surface area contributed by atoms with E-state index in [0.29, 0.717) is 117 Å². The summed E-state index contributed by atoms with van der Waals surface area (Å²) in [6.07, 6.45) is 5.97. The number of sulfonamides is 1. The molecule has 3 amide bonds. The van der Waals surface area contributed by atoms with Gasteiger partial charge in [0, 0.05) is 138 Å². The first-order valence-corrected chi connectivity index (χ1v) is 35.5. The Labute approximate surface area is 588 Å². The number of anilines is 2. The zero-order valence-electron chi connectivity index (χ0n) is 59.4. The van der Waals surface area contributed by atoms with Crippen LogP contribution in [-0.2, 0) is 54.5 Å². The van der Waals surface area contributed by atoms with Crippen molar-refractivity contribution in [3.63, 3.8) is 0 Å². The number of aromatic amines is 1. The lowest BCUT2D eigenvalue weighted by Crippen LogP contribution is -2.48. The number of rotatable bonds is 39. The Kier molecular flexibility index (Phi) is 27.1. The Morgan fingerprint density at radius 1 is 0.683 bits per heavy atom. The van der Waals surface area contributed by atoms with Crippen LogP contribution in [0.25, 0.3) is 33.1 Å². The second-order valence-corrected chi connectivity index (χ2v) is 26.7. The molecular weight excluding hydrogens is 1320 g/mol. The van der Waals surface area contributed by atoms with Gasteiger partial charge in [0.15, 0.2) is 17.2 Å². The van der Waals surface area contributed by atoms with Crippen LogP contribution in [0.4, 0.5) is 11.5 Å². The van der Waals surface area contributed by atoms with Gasteiger partial charge in [0.1, 0.15) is 23.1 Å². The average molecular weight is 1410 g/mol. The number of carbonyl (C=O) groups excluding carboxylic acids is 3. The number of ether oxygens (including phenoxy) is 8. The fraction of sp³-hybridized carbons (Fsp3) is 0.458. The lowest BCUT2D eigenvalue weighted by Gasteiger charge is -2.35. The van der Waals surface area contributed by atoms with Gasteiger partial charge in [0.25, 0.3) is 21.5 Å². The van der Waals surface area contributed by atoms with Crippen molar-refractivity contribution in [2.75, 3.05) is 143 Å². The van der Waals surface area contributed by atoms with Crippen molar-refractivity contribution >= 4 is 61.2 Å². The standard InChI is InChI=1S/C72H95N13O15S/c1-11-27-98-53-38-54(40-55(39-53)100-65-43-63-62(81(7)72(90)82(63)8)42-60(65)79-101(91,92)56-15-16-64(93-9)66(41-56)94-10)99-28-13-12-21-80(6)47-69(87)74-20-30-96-32-34-97-33-31-95-29-18-68(86)73-19-22-83-23-25-84(26-24-83)67-17-14-51(44-75-67)52-36-57(59-46-77-85(48(2)3)61(59)37-52)70(88)76-45-58-49(4)35-50(5)78-71(58)89/h14-17,35-44,46,48,79H,11-13,18-34,45,47H2,1-10H3,(H,73,86)(H,74,87)(H,76,88)(H,78,89). The summed E-state index contributed by atoms with van der Waals surface area (Å²) in [6, 6.07) is 22.4. The number of aryl methyl sites for hydroxylation is 4. The van der Waals surface area contributed by atoms with Crippen molar-refractivity contribution in [2.24, 2.45) is 14.1 Å². The molecule has 0 aliphatic carbocycles. The number of hydrogen-bond donors (Lipinski definition) is 5. The summed E-state index contributed by atoms with van der Waals surface area (Å²) in [5, 5.41) is 14.2. The summed E-state index contributed by atoms with van der Waals surface area (Å²) >= 11 is 0. The molecule has 4 aromatic carbocycles. The summed E-state index contributed by atoms with van der Waals surface area (Å²) in [6.45, 7) is 18.3. The minimum Gasteiger partial charge on any atom is -0.493 e. The smallest absolute Gasteiger partial charge is 0.328 e. The van der Waals surface area contributed by atoms with Crippen LogP contribution in [0.2, 0.25) is 0 Å². The molecule has 29 heteroatoms. The van der Waals surface area contributed by atoms with E-state index in [0.717, 1.165) is 84.7 Å². The van der Waals surface area contributed by atoms with Crippen LogP contribution in [0.3, 0.4) is 0 Å². The fourth-order valence-electron chi connectivity index (χ4n) is 11.7. The Balaban J connectivity index is 0.601. The van der Waals surface area contributed by atoms with Crippen molar-refractivity contribution in [2.45, 2.75) is 77.8 Å². The topological polar surface area (TPSA) is 308 Å². The number of unbranched alkanes of at least 4 members (excludes halogenated alkanes) is 1. The van der Waals surface area contributed by atoms with E-state index in [4.69, 9.17) is 42.9 Å². The zero-order chi connectivity index (χ0) is 72.2. The molecule has 1 aliphatic heterocycles. The lowest BCUT2D eigenvalue weighted by atomic mass is 10.0. The van der Waals surface area contributed by atoms with Crippen molar-refractivity contribution in [3.05, 3.63) is 134 Å². The van der Waals surface area contributed by atoms with Crippen LogP contribution in [0.5, 0.6) is 34.5 Å². The Hall–Kier alpha value is -9.52. The largest absolute Gasteiger partial charge is 0.493 e. The van der Waals surface area contributed by atoms with E-state index >= 15 is 0 Å². The van der Waals surface area contributed by atoms with Gasteiger partial charge in [-0.25, -0.2) is 18.2 Å². The van der Waals surface area contributed by atoms with Crippen molar-refractivity contribution in [1.29, 1.82) is 0 Å². The van der Waals surface area contributed by atoms with Crippen LogP contribution < -0.4 is 60.5 Å². The number of amides is 3. The lowest BCUT2D eigenvalue weighted by molar-refractivity contribution is -0.123. The summed E-state index contributed by atoms with van der Waals surface area (Å²) in [5.74, 6) is 2.32. The first-order chi connectivity index (χ1) is 48.6. The van der Waals surface area contributed by atoms with Gasteiger partial charge in [0.05, 0.1) is 113 Å². The summed E-state index contributed by atoms with van der Waals surface area (Å²) < 4.78 is 81.3. The number of nitrogens with one attached hydrogen (secondary N) is 5. The normalized spacial score (nSPS) is 12.7. The van der Waals surface area contributed by atoms with Gasteiger partial charge >= 0.3 is 5.69 Å². The number of hydrogen-bond acceptors (Lipinski definition) is 20. The maximum atomic E-state index is 13.9. The molecule has 0 saturated carbocycles. The molecule has 0 atom stereocenters. The van der Waals surface area contributed by atoms with E-state index in [2.05, 4.69) is 40.6 Å². The second-order valence-electron chi connectivity index (χ2n) is 25.0. The number of fused-ring (bicyclic) bond motifs is 2. The van der Waals surface area contributed by atoms with Crippen molar-refractivity contribution in [3.8, 4) is 45.6 Å². The number of H-pyrrole nitrogens is 1. The highest BCUT2D eigenvalue weighted by Gasteiger charge is 2.25. The molecule has 8 aromatic rings. The number of methoxy groups -OCH3 is 2. The molecule has 0 bridgehead atoms. The van der Waals surface area contributed by atoms with E-state index in [9.17, 15) is 32.4 Å². The van der Waals surface area contributed by atoms with Gasteiger partial charge < -0.3 is 63.7 Å².